The number of hydrogen-bond donors (Lipinski definition) is 2. The van der Waals surface area contributed by atoms with Crippen LogP contribution < -0.4 is 10.6 Å². The molecule has 0 radical (unpaired) electrons. The molecule has 0 spiro atoms. The Morgan fingerprint density at radius 1 is 1.47 bits per heavy atom. The molecule has 0 aromatic carbocycles. The Morgan fingerprint density at radius 2 is 2.20 bits per heavy atom. The van der Waals surface area contributed by atoms with Gasteiger partial charge in [-0.25, -0.2) is 0 Å². The number of carbonyl (C=O) groups excluding carboxylic acids is 1. The molecule has 0 saturated heterocycles. The van der Waals surface area contributed by atoms with Gasteiger partial charge in [-0.2, -0.15) is 0 Å². The van der Waals surface area contributed by atoms with Gasteiger partial charge in [0.2, 0.25) is 5.91 Å². The molecule has 15 heavy (non-hydrogen) atoms. The number of hydrogen-bond acceptors (Lipinski definition) is 2. The van der Waals surface area contributed by atoms with Gasteiger partial charge in [-0.15, -0.1) is 0 Å². The monoisotopic (exact) mass is 212 g/mol. The SMILES string of the molecule is CCCCC(C)NC(=O)CCNC1CC1. The first kappa shape index (κ1) is 12.5. The van der Waals surface area contributed by atoms with E-state index >= 15 is 0 Å². The number of unbranched alkanes of at least 4 members (excludes halogenated alkanes) is 1. The molecule has 88 valence electrons. The second-order valence-corrected chi connectivity index (χ2v) is 4.59. The summed E-state index contributed by atoms with van der Waals surface area (Å²) in [5.74, 6) is 0.187. The molecule has 2 N–H and O–H groups in total. The number of amides is 1. The van der Waals surface area contributed by atoms with Crippen LogP contribution in [0.2, 0.25) is 0 Å². The highest BCUT2D eigenvalue weighted by Crippen LogP contribution is 2.18. The minimum Gasteiger partial charge on any atom is -0.354 e. The Bertz CT molecular complexity index is 190. The first-order valence-corrected chi connectivity index (χ1v) is 6.25. The third-order valence-corrected chi connectivity index (χ3v) is 2.76. The topological polar surface area (TPSA) is 41.1 Å². The van der Waals surface area contributed by atoms with E-state index in [0.29, 0.717) is 18.5 Å². The summed E-state index contributed by atoms with van der Waals surface area (Å²) in [6, 6.07) is 1.04. The van der Waals surface area contributed by atoms with Crippen molar-refractivity contribution in [1.29, 1.82) is 0 Å². The van der Waals surface area contributed by atoms with E-state index in [4.69, 9.17) is 0 Å². The minimum atomic E-state index is 0.187. The maximum atomic E-state index is 11.5. The van der Waals surface area contributed by atoms with Crippen LogP contribution >= 0.6 is 0 Å². The smallest absolute Gasteiger partial charge is 0.221 e. The van der Waals surface area contributed by atoms with Crippen molar-refractivity contribution in [2.75, 3.05) is 6.54 Å². The summed E-state index contributed by atoms with van der Waals surface area (Å²) in [7, 11) is 0. The largest absolute Gasteiger partial charge is 0.354 e. The average Bonchev–Trinajstić information content (AvgIpc) is 2.98. The average molecular weight is 212 g/mol. The van der Waals surface area contributed by atoms with E-state index in [1.165, 1.54) is 25.7 Å². The van der Waals surface area contributed by atoms with Crippen LogP contribution in [-0.2, 0) is 4.79 Å². The molecule has 3 heteroatoms. The molecule has 3 nitrogen and oxygen atoms in total. The standard InChI is InChI=1S/C12H24N2O/c1-3-4-5-10(2)14-12(15)8-9-13-11-6-7-11/h10-11,13H,3-9H2,1-2H3,(H,14,15). The van der Waals surface area contributed by atoms with Crippen molar-refractivity contribution in [1.82, 2.24) is 10.6 Å². The first-order chi connectivity index (χ1) is 7.22. The lowest BCUT2D eigenvalue weighted by atomic mass is 10.1. The molecule has 1 saturated carbocycles. The Labute approximate surface area is 93.0 Å². The number of carbonyl (C=O) groups is 1. The van der Waals surface area contributed by atoms with E-state index in [1.54, 1.807) is 0 Å². The Morgan fingerprint density at radius 3 is 2.80 bits per heavy atom. The summed E-state index contributed by atoms with van der Waals surface area (Å²) < 4.78 is 0. The molecule has 1 atom stereocenters. The zero-order valence-electron chi connectivity index (χ0n) is 10.0. The van der Waals surface area contributed by atoms with Crippen molar-refractivity contribution in [3.63, 3.8) is 0 Å². The molecule has 1 rings (SSSR count). The fourth-order valence-corrected chi connectivity index (χ4v) is 1.61. The van der Waals surface area contributed by atoms with Crippen LogP contribution in [0.3, 0.4) is 0 Å². The molecule has 0 bridgehead atoms. The predicted molar refractivity (Wildman–Crippen MR) is 62.8 cm³/mol. The summed E-state index contributed by atoms with van der Waals surface area (Å²) in [5, 5.41) is 6.37. The summed E-state index contributed by atoms with van der Waals surface area (Å²) in [5.41, 5.74) is 0. The van der Waals surface area contributed by atoms with Crippen molar-refractivity contribution < 1.29 is 4.79 Å². The van der Waals surface area contributed by atoms with E-state index in [9.17, 15) is 4.79 Å². The van der Waals surface area contributed by atoms with E-state index < -0.39 is 0 Å². The maximum absolute atomic E-state index is 11.5. The normalized spacial score (nSPS) is 17.5. The molecule has 1 fully saturated rings. The minimum absolute atomic E-state index is 0.187. The van der Waals surface area contributed by atoms with Gasteiger partial charge in [0.05, 0.1) is 0 Å². The predicted octanol–water partition coefficient (Wildman–Crippen LogP) is 1.82. The van der Waals surface area contributed by atoms with E-state index in [2.05, 4.69) is 24.5 Å². The highest BCUT2D eigenvalue weighted by molar-refractivity contribution is 5.76. The van der Waals surface area contributed by atoms with Gasteiger partial charge >= 0.3 is 0 Å². The molecule has 1 aliphatic rings. The van der Waals surface area contributed by atoms with Crippen molar-refractivity contribution in [3.05, 3.63) is 0 Å². The third kappa shape index (κ3) is 6.50. The van der Waals surface area contributed by atoms with E-state index in [-0.39, 0.29) is 5.91 Å². The van der Waals surface area contributed by atoms with Gasteiger partial charge in [0.15, 0.2) is 0 Å². The molecular weight excluding hydrogens is 188 g/mol. The summed E-state index contributed by atoms with van der Waals surface area (Å²) in [6.07, 6.45) is 6.68. The van der Waals surface area contributed by atoms with Crippen LogP contribution in [0.4, 0.5) is 0 Å². The molecule has 1 aliphatic carbocycles. The van der Waals surface area contributed by atoms with Crippen molar-refractivity contribution >= 4 is 5.91 Å². The number of rotatable bonds is 8. The van der Waals surface area contributed by atoms with Crippen LogP contribution in [0.1, 0.15) is 52.4 Å². The summed E-state index contributed by atoms with van der Waals surface area (Å²) in [6.45, 7) is 5.09. The number of nitrogens with one attached hydrogen (secondary N) is 2. The zero-order chi connectivity index (χ0) is 11.1. The Balaban J connectivity index is 1.95. The van der Waals surface area contributed by atoms with Gasteiger partial charge in [0.25, 0.3) is 0 Å². The Kier molecular flexibility index (Phi) is 5.69. The summed E-state index contributed by atoms with van der Waals surface area (Å²) in [4.78, 5) is 11.5. The molecule has 1 amide bonds. The van der Waals surface area contributed by atoms with Gasteiger partial charge in [0, 0.05) is 25.0 Å². The van der Waals surface area contributed by atoms with Crippen molar-refractivity contribution in [2.24, 2.45) is 0 Å². The van der Waals surface area contributed by atoms with Gasteiger partial charge in [-0.1, -0.05) is 19.8 Å². The van der Waals surface area contributed by atoms with Crippen LogP contribution in [0.15, 0.2) is 0 Å². The second kappa shape index (κ2) is 6.83. The summed E-state index contributed by atoms with van der Waals surface area (Å²) >= 11 is 0. The molecule has 0 aromatic rings. The third-order valence-electron chi connectivity index (χ3n) is 2.76. The van der Waals surface area contributed by atoms with Crippen molar-refractivity contribution in [2.45, 2.75) is 64.5 Å². The molecule has 0 aliphatic heterocycles. The maximum Gasteiger partial charge on any atom is 0.221 e. The lowest BCUT2D eigenvalue weighted by Gasteiger charge is -2.13. The van der Waals surface area contributed by atoms with Gasteiger partial charge in [-0.3, -0.25) is 4.79 Å². The van der Waals surface area contributed by atoms with Gasteiger partial charge < -0.3 is 10.6 Å². The van der Waals surface area contributed by atoms with Gasteiger partial charge in [-0.05, 0) is 26.2 Å². The quantitative estimate of drug-likeness (QED) is 0.644. The first-order valence-electron chi connectivity index (χ1n) is 6.25. The van der Waals surface area contributed by atoms with Crippen LogP contribution in [-0.4, -0.2) is 24.5 Å². The van der Waals surface area contributed by atoms with E-state index in [1.807, 2.05) is 0 Å². The lowest BCUT2D eigenvalue weighted by molar-refractivity contribution is -0.121. The fraction of sp³-hybridized carbons (Fsp3) is 0.917. The van der Waals surface area contributed by atoms with Gasteiger partial charge in [0.1, 0.15) is 0 Å². The van der Waals surface area contributed by atoms with Crippen LogP contribution in [0.25, 0.3) is 0 Å². The molecule has 1 unspecified atom stereocenters. The van der Waals surface area contributed by atoms with E-state index in [0.717, 1.165) is 13.0 Å². The molecular formula is C12H24N2O. The fourth-order valence-electron chi connectivity index (χ4n) is 1.61. The van der Waals surface area contributed by atoms with Crippen LogP contribution in [0, 0.1) is 0 Å². The second-order valence-electron chi connectivity index (χ2n) is 4.59. The Hall–Kier alpha value is -0.570. The van der Waals surface area contributed by atoms with Crippen molar-refractivity contribution in [3.8, 4) is 0 Å². The lowest BCUT2D eigenvalue weighted by Crippen LogP contribution is -2.34. The highest BCUT2D eigenvalue weighted by atomic mass is 16.1. The highest BCUT2D eigenvalue weighted by Gasteiger charge is 2.20. The molecule has 0 heterocycles. The van der Waals surface area contributed by atoms with Crippen LogP contribution in [0.5, 0.6) is 0 Å². The zero-order valence-corrected chi connectivity index (χ0v) is 10.0. The molecule has 0 aromatic heterocycles.